The molecule has 78 valence electrons. The Morgan fingerprint density at radius 2 is 2.20 bits per heavy atom. The maximum Gasteiger partial charge on any atom is 0.338 e. The summed E-state index contributed by atoms with van der Waals surface area (Å²) >= 11 is 0. The van der Waals surface area contributed by atoms with Crippen LogP contribution in [0.15, 0.2) is 18.2 Å². The number of rotatable bonds is 2. The van der Waals surface area contributed by atoms with Crippen LogP contribution in [0.1, 0.15) is 39.6 Å². The highest BCUT2D eigenvalue weighted by Gasteiger charge is 2.24. The zero-order chi connectivity index (χ0) is 10.8. The van der Waals surface area contributed by atoms with Crippen molar-refractivity contribution in [3.8, 4) is 0 Å². The Morgan fingerprint density at radius 1 is 1.40 bits per heavy atom. The first-order valence-corrected chi connectivity index (χ1v) is 5.06. The van der Waals surface area contributed by atoms with E-state index in [-0.39, 0.29) is 11.8 Å². The standard InChI is InChI=1S/C12H12O3/c1-2-15-12(14)10-5-3-4-9-8(10)6-7-11(9)13/h3-5H,2,6-7H2,1H3. The van der Waals surface area contributed by atoms with Crippen molar-refractivity contribution in [3.63, 3.8) is 0 Å². The van der Waals surface area contributed by atoms with Crippen molar-refractivity contribution in [2.45, 2.75) is 19.8 Å². The molecule has 0 aromatic heterocycles. The van der Waals surface area contributed by atoms with Gasteiger partial charge in [-0.05, 0) is 25.0 Å². The maximum atomic E-state index is 11.6. The Balaban J connectivity index is 2.42. The Labute approximate surface area is 88.1 Å². The van der Waals surface area contributed by atoms with Gasteiger partial charge in [0.15, 0.2) is 5.78 Å². The van der Waals surface area contributed by atoms with Gasteiger partial charge >= 0.3 is 5.97 Å². The summed E-state index contributed by atoms with van der Waals surface area (Å²) in [6.07, 6.45) is 1.16. The lowest BCUT2D eigenvalue weighted by atomic mass is 10.0. The van der Waals surface area contributed by atoms with Crippen LogP contribution in [0, 0.1) is 0 Å². The average Bonchev–Trinajstić information content (AvgIpc) is 2.61. The van der Waals surface area contributed by atoms with Crippen molar-refractivity contribution in [2.24, 2.45) is 0 Å². The molecule has 0 saturated carbocycles. The zero-order valence-electron chi connectivity index (χ0n) is 8.58. The molecule has 0 amide bonds. The lowest BCUT2D eigenvalue weighted by molar-refractivity contribution is 0.0525. The smallest absolute Gasteiger partial charge is 0.338 e. The number of esters is 1. The van der Waals surface area contributed by atoms with Crippen LogP contribution in [-0.2, 0) is 11.2 Å². The fraction of sp³-hybridized carbons (Fsp3) is 0.333. The zero-order valence-corrected chi connectivity index (χ0v) is 8.58. The molecule has 0 bridgehead atoms. The summed E-state index contributed by atoms with van der Waals surface area (Å²) in [6.45, 7) is 2.13. The van der Waals surface area contributed by atoms with Crippen molar-refractivity contribution in [1.29, 1.82) is 0 Å². The Bertz CT molecular complexity index is 421. The highest BCUT2D eigenvalue weighted by atomic mass is 16.5. The molecule has 1 aliphatic rings. The second-order valence-electron chi connectivity index (χ2n) is 3.48. The molecule has 1 aromatic carbocycles. The number of carbonyl (C=O) groups is 2. The Morgan fingerprint density at radius 3 is 2.93 bits per heavy atom. The third-order valence-corrected chi connectivity index (χ3v) is 2.57. The van der Waals surface area contributed by atoms with Crippen molar-refractivity contribution < 1.29 is 14.3 Å². The predicted octanol–water partition coefficient (Wildman–Crippen LogP) is 1.99. The van der Waals surface area contributed by atoms with E-state index in [1.165, 1.54) is 0 Å². The summed E-state index contributed by atoms with van der Waals surface area (Å²) < 4.78 is 4.94. The Hall–Kier alpha value is -1.64. The lowest BCUT2D eigenvalue weighted by Gasteiger charge is -2.06. The third kappa shape index (κ3) is 1.65. The minimum absolute atomic E-state index is 0.121. The van der Waals surface area contributed by atoms with Crippen molar-refractivity contribution in [1.82, 2.24) is 0 Å². The van der Waals surface area contributed by atoms with Crippen LogP contribution >= 0.6 is 0 Å². The third-order valence-electron chi connectivity index (χ3n) is 2.57. The van der Waals surface area contributed by atoms with Gasteiger partial charge in [0.2, 0.25) is 0 Å². The molecule has 3 nitrogen and oxygen atoms in total. The predicted molar refractivity (Wildman–Crippen MR) is 55.1 cm³/mol. The van der Waals surface area contributed by atoms with Gasteiger partial charge in [0.1, 0.15) is 0 Å². The second-order valence-corrected chi connectivity index (χ2v) is 3.48. The fourth-order valence-electron chi connectivity index (χ4n) is 1.89. The van der Waals surface area contributed by atoms with Crippen molar-refractivity contribution in [2.75, 3.05) is 6.61 Å². The summed E-state index contributed by atoms with van der Waals surface area (Å²) in [7, 11) is 0. The van der Waals surface area contributed by atoms with E-state index in [1.807, 2.05) is 0 Å². The molecule has 0 unspecified atom stereocenters. The van der Waals surface area contributed by atoms with E-state index in [4.69, 9.17) is 4.74 Å². The summed E-state index contributed by atoms with van der Waals surface area (Å²) in [5, 5.41) is 0. The number of ketones is 1. The molecule has 0 saturated heterocycles. The molecule has 0 atom stereocenters. The van der Waals surface area contributed by atoms with Crippen LogP contribution in [0.25, 0.3) is 0 Å². The van der Waals surface area contributed by atoms with E-state index in [0.717, 1.165) is 5.56 Å². The largest absolute Gasteiger partial charge is 0.462 e. The molecule has 1 aliphatic carbocycles. The average molecular weight is 204 g/mol. The first-order valence-electron chi connectivity index (χ1n) is 5.06. The van der Waals surface area contributed by atoms with Gasteiger partial charge in [-0.2, -0.15) is 0 Å². The van der Waals surface area contributed by atoms with Gasteiger partial charge in [0.25, 0.3) is 0 Å². The molecule has 0 radical (unpaired) electrons. The van der Waals surface area contributed by atoms with Crippen LogP contribution in [0.3, 0.4) is 0 Å². The molecule has 0 aliphatic heterocycles. The second kappa shape index (κ2) is 3.85. The first kappa shape index (κ1) is 9.90. The number of fused-ring (bicyclic) bond motifs is 1. The van der Waals surface area contributed by atoms with Gasteiger partial charge in [-0.1, -0.05) is 12.1 Å². The number of Topliss-reactive ketones (excluding diaryl/α,β-unsaturated/α-hetero) is 1. The number of benzene rings is 1. The van der Waals surface area contributed by atoms with Crippen molar-refractivity contribution in [3.05, 3.63) is 34.9 Å². The number of hydrogen-bond donors (Lipinski definition) is 0. The topological polar surface area (TPSA) is 43.4 Å². The lowest BCUT2D eigenvalue weighted by Crippen LogP contribution is -2.08. The number of ether oxygens (including phenoxy) is 1. The van der Waals surface area contributed by atoms with E-state index >= 15 is 0 Å². The molecule has 0 heterocycles. The summed E-state index contributed by atoms with van der Waals surface area (Å²) in [4.78, 5) is 23.0. The van der Waals surface area contributed by atoms with Gasteiger partial charge in [0.05, 0.1) is 12.2 Å². The molecule has 15 heavy (non-hydrogen) atoms. The normalized spacial score (nSPS) is 13.8. The van der Waals surface area contributed by atoms with Crippen LogP contribution in [0.2, 0.25) is 0 Å². The minimum Gasteiger partial charge on any atom is -0.462 e. The maximum absolute atomic E-state index is 11.6. The highest BCUT2D eigenvalue weighted by Crippen LogP contribution is 2.25. The first-order chi connectivity index (χ1) is 7.24. The molecule has 2 rings (SSSR count). The SMILES string of the molecule is CCOC(=O)c1cccc2c1CCC2=O. The van der Waals surface area contributed by atoms with Crippen LogP contribution in [-0.4, -0.2) is 18.4 Å². The molecule has 1 aromatic rings. The van der Waals surface area contributed by atoms with Crippen molar-refractivity contribution >= 4 is 11.8 Å². The monoisotopic (exact) mass is 204 g/mol. The van der Waals surface area contributed by atoms with Gasteiger partial charge < -0.3 is 4.74 Å². The van der Waals surface area contributed by atoms with E-state index in [0.29, 0.717) is 30.6 Å². The van der Waals surface area contributed by atoms with E-state index < -0.39 is 0 Å². The van der Waals surface area contributed by atoms with Gasteiger partial charge in [-0.25, -0.2) is 4.79 Å². The summed E-state index contributed by atoms with van der Waals surface area (Å²) in [5.74, 6) is -0.208. The Kier molecular flexibility index (Phi) is 2.54. The van der Waals surface area contributed by atoms with Gasteiger partial charge in [-0.15, -0.1) is 0 Å². The van der Waals surface area contributed by atoms with Gasteiger partial charge in [-0.3, -0.25) is 4.79 Å². The van der Waals surface area contributed by atoms with Crippen LogP contribution in [0.5, 0.6) is 0 Å². The molecule has 3 heteroatoms. The van der Waals surface area contributed by atoms with Crippen LogP contribution < -0.4 is 0 Å². The summed E-state index contributed by atoms with van der Waals surface area (Å²) in [6, 6.07) is 5.22. The molecule has 0 N–H and O–H groups in total. The van der Waals surface area contributed by atoms with Crippen LogP contribution in [0.4, 0.5) is 0 Å². The fourth-order valence-corrected chi connectivity index (χ4v) is 1.89. The highest BCUT2D eigenvalue weighted by molar-refractivity contribution is 6.04. The summed E-state index contributed by atoms with van der Waals surface area (Å²) in [5.41, 5.74) is 2.07. The molecular weight excluding hydrogens is 192 g/mol. The van der Waals surface area contributed by atoms with E-state index in [9.17, 15) is 9.59 Å². The van der Waals surface area contributed by atoms with E-state index in [1.54, 1.807) is 25.1 Å². The molecule has 0 spiro atoms. The van der Waals surface area contributed by atoms with Gasteiger partial charge in [0, 0.05) is 12.0 Å². The quantitative estimate of drug-likeness (QED) is 0.692. The minimum atomic E-state index is -0.330. The number of hydrogen-bond acceptors (Lipinski definition) is 3. The number of carbonyl (C=O) groups excluding carboxylic acids is 2. The molecule has 0 fully saturated rings. The molecular formula is C12H12O3. The van der Waals surface area contributed by atoms with E-state index in [2.05, 4.69) is 0 Å².